The van der Waals surface area contributed by atoms with Crippen LogP contribution in [0.3, 0.4) is 0 Å². The Labute approximate surface area is 262 Å². The van der Waals surface area contributed by atoms with E-state index >= 15 is 0 Å². The Kier molecular flexibility index (Phi) is 10.5. The van der Waals surface area contributed by atoms with Crippen LogP contribution < -0.4 is 14.4 Å². The predicted molar refractivity (Wildman–Crippen MR) is 178 cm³/mol. The number of hydrogen-bond acceptors (Lipinski definition) is 7. The third-order valence-corrected chi connectivity index (χ3v) is 7.01. The number of nitrogens with zero attached hydrogens (tertiary/aromatic N) is 1. The fraction of sp³-hybridized carbons (Fsp3) is 0.105. The molecular formula is C38H35NO6. The third-order valence-electron chi connectivity index (χ3n) is 7.01. The first-order valence-corrected chi connectivity index (χ1v) is 14.5. The summed E-state index contributed by atoms with van der Waals surface area (Å²) in [6.07, 6.45) is 1.77. The van der Waals surface area contributed by atoms with Gasteiger partial charge in [-0.3, -0.25) is 0 Å². The maximum absolute atomic E-state index is 9.64. The smallest absolute Gasteiger partial charge is 0.164 e. The molecule has 5 aromatic carbocycles. The maximum Gasteiger partial charge on any atom is 0.164 e. The van der Waals surface area contributed by atoms with Gasteiger partial charge < -0.3 is 34.8 Å². The molecule has 0 radical (unpaired) electrons. The van der Waals surface area contributed by atoms with Crippen LogP contribution in [0.1, 0.15) is 16.7 Å². The standard InChI is InChI=1S/C38H35NO6/c40-24-34(42)26-44-36-19-13-29(14-20-36)38(30-15-21-37(22-16-30)45-27-35(43)25-41)23-28-11-17-33(18-12-28)39(31-7-3-1-4-8-31)32-9-5-2-6-10-32/h1-24,35,40-43H,25-27H2/b34-24+,38-23?. The molecule has 7 nitrogen and oxygen atoms in total. The minimum atomic E-state index is -0.946. The van der Waals surface area contributed by atoms with Crippen molar-refractivity contribution < 1.29 is 29.9 Å². The summed E-state index contributed by atoms with van der Waals surface area (Å²) in [6.45, 7) is -0.509. The number of hydrogen-bond donors (Lipinski definition) is 4. The maximum atomic E-state index is 9.64. The molecule has 5 aromatic rings. The molecule has 0 aliphatic carbocycles. The van der Waals surface area contributed by atoms with E-state index in [2.05, 4.69) is 59.5 Å². The van der Waals surface area contributed by atoms with Crippen molar-refractivity contribution in [3.8, 4) is 11.5 Å². The highest BCUT2D eigenvalue weighted by Gasteiger charge is 2.13. The molecule has 5 rings (SSSR count). The average molecular weight is 602 g/mol. The summed E-state index contributed by atoms with van der Waals surface area (Å²) >= 11 is 0. The minimum Gasteiger partial charge on any atom is -0.512 e. The molecular weight excluding hydrogens is 566 g/mol. The van der Waals surface area contributed by atoms with Gasteiger partial charge in [0.05, 0.1) is 6.61 Å². The predicted octanol–water partition coefficient (Wildman–Crippen LogP) is 7.81. The Morgan fingerprint density at radius 1 is 0.644 bits per heavy atom. The van der Waals surface area contributed by atoms with Crippen molar-refractivity contribution in [1.29, 1.82) is 0 Å². The van der Waals surface area contributed by atoms with Gasteiger partial charge in [0.15, 0.2) is 5.76 Å². The van der Waals surface area contributed by atoms with Gasteiger partial charge >= 0.3 is 0 Å². The van der Waals surface area contributed by atoms with E-state index in [1.165, 1.54) is 0 Å². The Morgan fingerprint density at radius 3 is 1.62 bits per heavy atom. The van der Waals surface area contributed by atoms with Crippen molar-refractivity contribution in [2.45, 2.75) is 6.10 Å². The molecule has 228 valence electrons. The largest absolute Gasteiger partial charge is 0.512 e. The summed E-state index contributed by atoms with van der Waals surface area (Å²) in [5.74, 6) is 0.858. The number of anilines is 3. The van der Waals surface area contributed by atoms with Crippen molar-refractivity contribution in [2.24, 2.45) is 0 Å². The van der Waals surface area contributed by atoms with Crippen molar-refractivity contribution in [1.82, 2.24) is 0 Å². The number of benzene rings is 5. The molecule has 1 atom stereocenters. The molecule has 0 bridgehead atoms. The molecule has 1 unspecified atom stereocenters. The molecule has 4 N–H and O–H groups in total. The van der Waals surface area contributed by atoms with Crippen LogP contribution in [0.5, 0.6) is 11.5 Å². The minimum absolute atomic E-state index is 0.00361. The van der Waals surface area contributed by atoms with Crippen molar-refractivity contribution in [3.63, 3.8) is 0 Å². The summed E-state index contributed by atoms with van der Waals surface area (Å²) in [6, 6.07) is 43.9. The first-order valence-electron chi connectivity index (χ1n) is 14.5. The van der Waals surface area contributed by atoms with Crippen molar-refractivity contribution in [2.75, 3.05) is 24.7 Å². The Balaban J connectivity index is 1.47. The number of ether oxygens (including phenoxy) is 2. The van der Waals surface area contributed by atoms with E-state index in [1.807, 2.05) is 84.9 Å². The van der Waals surface area contributed by atoms with Gasteiger partial charge in [-0.15, -0.1) is 0 Å². The average Bonchev–Trinajstić information content (AvgIpc) is 3.10. The second-order valence-electron chi connectivity index (χ2n) is 10.3. The summed E-state index contributed by atoms with van der Waals surface area (Å²) < 4.78 is 11.1. The number of para-hydroxylation sites is 2. The second-order valence-corrected chi connectivity index (χ2v) is 10.3. The lowest BCUT2D eigenvalue weighted by Crippen LogP contribution is -2.21. The Morgan fingerprint density at radius 2 is 1.13 bits per heavy atom. The molecule has 0 aromatic heterocycles. The summed E-state index contributed by atoms with van der Waals surface area (Å²) in [5, 5.41) is 37.1. The van der Waals surface area contributed by atoms with E-state index in [9.17, 15) is 10.2 Å². The highest BCUT2D eigenvalue weighted by Crippen LogP contribution is 2.35. The Bertz CT molecular complexity index is 1640. The quantitative estimate of drug-likeness (QED) is 0.0806. The number of rotatable bonds is 13. The summed E-state index contributed by atoms with van der Waals surface area (Å²) in [5.41, 5.74) is 6.99. The van der Waals surface area contributed by atoms with Gasteiger partial charge in [0.25, 0.3) is 0 Å². The van der Waals surface area contributed by atoms with Crippen LogP contribution in [-0.2, 0) is 0 Å². The van der Waals surface area contributed by atoms with E-state index in [0.717, 1.165) is 39.3 Å². The van der Waals surface area contributed by atoms with E-state index in [0.29, 0.717) is 17.8 Å². The monoisotopic (exact) mass is 601 g/mol. The Hall–Kier alpha value is -5.50. The number of aliphatic hydroxyl groups is 4. The summed E-state index contributed by atoms with van der Waals surface area (Å²) in [7, 11) is 0. The van der Waals surface area contributed by atoms with Gasteiger partial charge in [0, 0.05) is 17.1 Å². The SMILES string of the molecule is O/C=C(/O)COc1ccc(C(=Cc2ccc(N(c3ccccc3)c3ccccc3)cc2)c2ccc(OCC(O)CO)cc2)cc1. The highest BCUT2D eigenvalue weighted by atomic mass is 16.5. The van der Waals surface area contributed by atoms with Crippen LogP contribution in [0.2, 0.25) is 0 Å². The molecule has 0 amide bonds. The molecule has 45 heavy (non-hydrogen) atoms. The van der Waals surface area contributed by atoms with Crippen LogP contribution in [-0.4, -0.2) is 46.4 Å². The molecule has 0 spiro atoms. The zero-order valence-electron chi connectivity index (χ0n) is 24.6. The molecule has 7 heteroatoms. The van der Waals surface area contributed by atoms with Gasteiger partial charge in [0.2, 0.25) is 0 Å². The normalized spacial score (nSPS) is 12.4. The van der Waals surface area contributed by atoms with E-state index < -0.39 is 6.10 Å². The molecule has 0 heterocycles. The van der Waals surface area contributed by atoms with Gasteiger partial charge in [0.1, 0.15) is 37.1 Å². The fourth-order valence-corrected chi connectivity index (χ4v) is 4.72. The molecule has 0 saturated heterocycles. The van der Waals surface area contributed by atoms with E-state index in [-0.39, 0.29) is 25.6 Å². The highest BCUT2D eigenvalue weighted by molar-refractivity contribution is 5.92. The van der Waals surface area contributed by atoms with Gasteiger partial charge in [-0.1, -0.05) is 72.8 Å². The van der Waals surface area contributed by atoms with Crippen molar-refractivity contribution in [3.05, 3.63) is 162 Å². The van der Waals surface area contributed by atoms with Gasteiger partial charge in [-0.25, -0.2) is 0 Å². The van der Waals surface area contributed by atoms with E-state index in [4.69, 9.17) is 19.7 Å². The lowest BCUT2D eigenvalue weighted by Gasteiger charge is -2.25. The van der Waals surface area contributed by atoms with Gasteiger partial charge in [-0.05, 0) is 89.0 Å². The molecule has 0 fully saturated rings. The molecule has 0 aliphatic heterocycles. The zero-order valence-corrected chi connectivity index (χ0v) is 24.6. The number of aliphatic hydroxyl groups excluding tert-OH is 4. The first kappa shape index (κ1) is 30.9. The first-order chi connectivity index (χ1) is 22.0. The lowest BCUT2D eigenvalue weighted by molar-refractivity contribution is 0.0536. The molecule has 0 aliphatic rings. The topological polar surface area (TPSA) is 103 Å². The summed E-state index contributed by atoms with van der Waals surface area (Å²) in [4.78, 5) is 2.21. The van der Waals surface area contributed by atoms with Crippen molar-refractivity contribution >= 4 is 28.7 Å². The fourth-order valence-electron chi connectivity index (χ4n) is 4.72. The van der Waals surface area contributed by atoms with Crippen LogP contribution in [0, 0.1) is 0 Å². The van der Waals surface area contributed by atoms with Crippen LogP contribution in [0.15, 0.2) is 145 Å². The lowest BCUT2D eigenvalue weighted by atomic mass is 9.95. The molecule has 0 saturated carbocycles. The zero-order chi connectivity index (χ0) is 31.4. The van der Waals surface area contributed by atoms with Crippen LogP contribution in [0.4, 0.5) is 17.1 Å². The van der Waals surface area contributed by atoms with Gasteiger partial charge in [-0.2, -0.15) is 0 Å². The van der Waals surface area contributed by atoms with Crippen LogP contribution >= 0.6 is 0 Å². The van der Waals surface area contributed by atoms with Crippen LogP contribution in [0.25, 0.3) is 11.6 Å². The van der Waals surface area contributed by atoms with E-state index in [1.54, 1.807) is 0 Å². The third kappa shape index (κ3) is 8.32. The second kappa shape index (κ2) is 15.3.